The van der Waals surface area contributed by atoms with E-state index in [0.29, 0.717) is 6.04 Å². The van der Waals surface area contributed by atoms with Gasteiger partial charge < -0.3 is 10.4 Å². The lowest BCUT2D eigenvalue weighted by Gasteiger charge is -2.13. The van der Waals surface area contributed by atoms with Crippen molar-refractivity contribution in [2.75, 3.05) is 18.2 Å². The molecule has 0 radical (unpaired) electrons. The normalized spacial score (nSPS) is 12.5. The van der Waals surface area contributed by atoms with E-state index in [2.05, 4.69) is 23.3 Å². The Bertz CT molecular complexity index is 276. The fraction of sp³-hybridized carbons (Fsp3) is 0.545. The Morgan fingerprint density at radius 1 is 1.53 bits per heavy atom. The average Bonchev–Trinajstić information content (AvgIpc) is 2.27. The second kappa shape index (κ2) is 6.69. The van der Waals surface area contributed by atoms with Crippen LogP contribution in [0.4, 0.5) is 5.82 Å². The number of nitrogens with one attached hydrogen (secondary N) is 1. The second-order valence-electron chi connectivity index (χ2n) is 3.49. The van der Waals surface area contributed by atoms with Crippen molar-refractivity contribution in [2.45, 2.75) is 30.7 Å². The molecule has 1 heterocycles. The van der Waals surface area contributed by atoms with E-state index in [9.17, 15) is 0 Å². The zero-order valence-electron chi connectivity index (χ0n) is 9.23. The number of nitrogens with zero attached hydrogens (tertiary/aromatic N) is 1. The van der Waals surface area contributed by atoms with Crippen LogP contribution in [0.2, 0.25) is 0 Å². The monoisotopic (exact) mass is 226 g/mol. The zero-order chi connectivity index (χ0) is 11.1. The SMILES string of the molecule is CSc1ccc(NC(C)CCCO)nc1. The maximum Gasteiger partial charge on any atom is 0.126 e. The smallest absolute Gasteiger partial charge is 0.126 e. The Morgan fingerprint density at radius 3 is 2.87 bits per heavy atom. The number of anilines is 1. The van der Waals surface area contributed by atoms with Crippen LogP contribution in [-0.4, -0.2) is 29.0 Å². The van der Waals surface area contributed by atoms with Gasteiger partial charge in [-0.15, -0.1) is 11.8 Å². The minimum atomic E-state index is 0.255. The minimum Gasteiger partial charge on any atom is -0.396 e. The molecule has 0 fully saturated rings. The minimum absolute atomic E-state index is 0.255. The van der Waals surface area contributed by atoms with Crippen molar-refractivity contribution in [3.63, 3.8) is 0 Å². The molecule has 0 amide bonds. The van der Waals surface area contributed by atoms with Gasteiger partial charge in [0.05, 0.1) is 0 Å². The molecule has 0 bridgehead atoms. The fourth-order valence-corrected chi connectivity index (χ4v) is 1.67. The van der Waals surface area contributed by atoms with Crippen LogP contribution in [0.3, 0.4) is 0 Å². The first-order valence-electron chi connectivity index (χ1n) is 5.13. The Kier molecular flexibility index (Phi) is 5.50. The highest BCUT2D eigenvalue weighted by atomic mass is 32.2. The van der Waals surface area contributed by atoms with E-state index in [1.807, 2.05) is 18.5 Å². The molecule has 0 aliphatic heterocycles. The van der Waals surface area contributed by atoms with E-state index in [-0.39, 0.29) is 6.61 Å². The van der Waals surface area contributed by atoms with Crippen LogP contribution in [0.5, 0.6) is 0 Å². The number of aliphatic hydroxyl groups excluding tert-OH is 1. The van der Waals surface area contributed by atoms with Gasteiger partial charge in [0, 0.05) is 23.7 Å². The molecular weight excluding hydrogens is 208 g/mol. The summed E-state index contributed by atoms with van der Waals surface area (Å²) in [5, 5.41) is 12.0. The van der Waals surface area contributed by atoms with Crippen molar-refractivity contribution in [3.05, 3.63) is 18.3 Å². The van der Waals surface area contributed by atoms with Crippen molar-refractivity contribution < 1.29 is 5.11 Å². The van der Waals surface area contributed by atoms with Gasteiger partial charge >= 0.3 is 0 Å². The molecule has 0 aromatic carbocycles. The topological polar surface area (TPSA) is 45.1 Å². The van der Waals surface area contributed by atoms with Gasteiger partial charge in [0.25, 0.3) is 0 Å². The summed E-state index contributed by atoms with van der Waals surface area (Å²) in [5.74, 6) is 0.901. The molecule has 1 atom stereocenters. The molecule has 15 heavy (non-hydrogen) atoms. The van der Waals surface area contributed by atoms with Gasteiger partial charge in [-0.3, -0.25) is 0 Å². The molecule has 2 N–H and O–H groups in total. The van der Waals surface area contributed by atoms with E-state index < -0.39 is 0 Å². The van der Waals surface area contributed by atoms with Gasteiger partial charge in [-0.05, 0) is 38.2 Å². The first-order chi connectivity index (χ1) is 7.26. The van der Waals surface area contributed by atoms with Crippen molar-refractivity contribution in [1.29, 1.82) is 0 Å². The number of aromatic nitrogens is 1. The molecule has 1 aromatic heterocycles. The Morgan fingerprint density at radius 2 is 2.33 bits per heavy atom. The van der Waals surface area contributed by atoms with Gasteiger partial charge in [0.2, 0.25) is 0 Å². The van der Waals surface area contributed by atoms with E-state index in [1.165, 1.54) is 4.90 Å². The molecule has 0 aliphatic carbocycles. The molecule has 0 aliphatic rings. The van der Waals surface area contributed by atoms with Crippen LogP contribution in [-0.2, 0) is 0 Å². The number of thioether (sulfide) groups is 1. The summed E-state index contributed by atoms with van der Waals surface area (Å²) in [6.45, 7) is 2.35. The highest BCUT2D eigenvalue weighted by molar-refractivity contribution is 7.98. The summed E-state index contributed by atoms with van der Waals surface area (Å²) < 4.78 is 0. The molecule has 0 saturated heterocycles. The lowest BCUT2D eigenvalue weighted by molar-refractivity contribution is 0.282. The Balaban J connectivity index is 2.42. The average molecular weight is 226 g/mol. The van der Waals surface area contributed by atoms with E-state index in [1.54, 1.807) is 11.8 Å². The van der Waals surface area contributed by atoms with Crippen molar-refractivity contribution in [2.24, 2.45) is 0 Å². The largest absolute Gasteiger partial charge is 0.396 e. The number of aliphatic hydroxyl groups is 1. The molecule has 0 spiro atoms. The maximum atomic E-state index is 8.70. The standard InChI is InChI=1S/C11H18N2OS/c1-9(4-3-7-14)13-11-6-5-10(15-2)8-12-11/h5-6,8-9,14H,3-4,7H2,1-2H3,(H,12,13). The third-order valence-electron chi connectivity index (χ3n) is 2.16. The van der Waals surface area contributed by atoms with Gasteiger partial charge in [-0.2, -0.15) is 0 Å². The van der Waals surface area contributed by atoms with Crippen LogP contribution < -0.4 is 5.32 Å². The third kappa shape index (κ3) is 4.53. The first-order valence-corrected chi connectivity index (χ1v) is 6.36. The quantitative estimate of drug-likeness (QED) is 0.731. The Labute approximate surface area is 95.3 Å². The van der Waals surface area contributed by atoms with Gasteiger partial charge in [-0.1, -0.05) is 0 Å². The molecule has 3 nitrogen and oxygen atoms in total. The van der Waals surface area contributed by atoms with Crippen LogP contribution >= 0.6 is 11.8 Å². The third-order valence-corrected chi connectivity index (χ3v) is 2.87. The summed E-state index contributed by atoms with van der Waals surface area (Å²) in [6, 6.07) is 4.39. The van der Waals surface area contributed by atoms with E-state index in [4.69, 9.17) is 5.11 Å². The number of rotatable bonds is 6. The zero-order valence-corrected chi connectivity index (χ0v) is 10.0. The number of hydrogen-bond acceptors (Lipinski definition) is 4. The summed E-state index contributed by atoms with van der Waals surface area (Å²) in [6.07, 6.45) is 5.69. The van der Waals surface area contributed by atoms with Crippen LogP contribution in [0, 0.1) is 0 Å². The molecule has 0 saturated carbocycles. The van der Waals surface area contributed by atoms with Crippen molar-refractivity contribution >= 4 is 17.6 Å². The lowest BCUT2D eigenvalue weighted by atomic mass is 10.2. The summed E-state index contributed by atoms with van der Waals surface area (Å²) in [5.41, 5.74) is 0. The maximum absolute atomic E-state index is 8.70. The molecule has 1 rings (SSSR count). The van der Waals surface area contributed by atoms with Crippen LogP contribution in [0.25, 0.3) is 0 Å². The summed E-state index contributed by atoms with van der Waals surface area (Å²) in [4.78, 5) is 5.47. The van der Waals surface area contributed by atoms with Gasteiger partial charge in [0.1, 0.15) is 5.82 Å². The van der Waals surface area contributed by atoms with E-state index in [0.717, 1.165) is 18.7 Å². The first kappa shape index (κ1) is 12.3. The van der Waals surface area contributed by atoms with Crippen molar-refractivity contribution in [3.8, 4) is 0 Å². The van der Waals surface area contributed by atoms with Crippen LogP contribution in [0.1, 0.15) is 19.8 Å². The van der Waals surface area contributed by atoms with E-state index >= 15 is 0 Å². The predicted octanol–water partition coefficient (Wildman–Crippen LogP) is 2.38. The molecule has 4 heteroatoms. The van der Waals surface area contributed by atoms with Gasteiger partial charge in [-0.25, -0.2) is 4.98 Å². The molecule has 1 unspecified atom stereocenters. The summed E-state index contributed by atoms with van der Waals surface area (Å²) in [7, 11) is 0. The predicted molar refractivity (Wildman–Crippen MR) is 65.4 cm³/mol. The number of pyridine rings is 1. The van der Waals surface area contributed by atoms with Crippen molar-refractivity contribution in [1.82, 2.24) is 4.98 Å². The second-order valence-corrected chi connectivity index (χ2v) is 4.37. The molecular formula is C11H18N2OS. The molecule has 84 valence electrons. The number of hydrogen-bond donors (Lipinski definition) is 2. The highest BCUT2D eigenvalue weighted by Gasteiger charge is 2.02. The van der Waals surface area contributed by atoms with Crippen LogP contribution in [0.15, 0.2) is 23.2 Å². The lowest BCUT2D eigenvalue weighted by Crippen LogP contribution is -2.16. The molecule has 1 aromatic rings. The van der Waals surface area contributed by atoms with Gasteiger partial charge in [0.15, 0.2) is 0 Å². The Hall–Kier alpha value is -0.740. The highest BCUT2D eigenvalue weighted by Crippen LogP contribution is 2.15. The summed E-state index contributed by atoms with van der Waals surface area (Å²) >= 11 is 1.69. The fourth-order valence-electron chi connectivity index (χ4n) is 1.31.